The standard InChI is InChI=1S/C20H32ClN5O2/c1-24(2)19(27)15-23-20(22-8-5-9-26-10-12-28-13-11-26)25(3)16-17-6-4-7-18(21)14-17/h4,6-7,14H,5,8-13,15-16H2,1-3H3,(H,22,23). The average molecular weight is 410 g/mol. The number of amides is 1. The van der Waals surface area contributed by atoms with Crippen LogP contribution in [-0.2, 0) is 16.1 Å². The SMILES string of the molecule is CN(C)C(=O)CN=C(NCCCN1CCOCC1)N(C)Cc1cccc(Cl)c1. The molecule has 1 aromatic rings. The number of guanidine groups is 1. The Morgan fingerprint density at radius 2 is 2.04 bits per heavy atom. The molecule has 1 fully saturated rings. The van der Waals surface area contributed by atoms with Gasteiger partial charge in [0.15, 0.2) is 5.96 Å². The van der Waals surface area contributed by atoms with Crippen LogP contribution in [0.25, 0.3) is 0 Å². The summed E-state index contributed by atoms with van der Waals surface area (Å²) in [5.41, 5.74) is 1.09. The number of nitrogens with one attached hydrogen (secondary N) is 1. The molecule has 156 valence electrons. The van der Waals surface area contributed by atoms with Gasteiger partial charge in [-0.3, -0.25) is 9.69 Å². The Morgan fingerprint density at radius 3 is 2.71 bits per heavy atom. The summed E-state index contributed by atoms with van der Waals surface area (Å²) in [7, 11) is 5.45. The fourth-order valence-corrected chi connectivity index (χ4v) is 3.12. The largest absolute Gasteiger partial charge is 0.379 e. The lowest BCUT2D eigenvalue weighted by Gasteiger charge is -2.27. The van der Waals surface area contributed by atoms with Crippen LogP contribution in [0.15, 0.2) is 29.3 Å². The van der Waals surface area contributed by atoms with Gasteiger partial charge in [-0.25, -0.2) is 4.99 Å². The Labute approximate surface area is 173 Å². The van der Waals surface area contributed by atoms with Gasteiger partial charge in [0.1, 0.15) is 6.54 Å². The van der Waals surface area contributed by atoms with E-state index in [1.54, 1.807) is 19.0 Å². The van der Waals surface area contributed by atoms with Crippen molar-refractivity contribution in [1.29, 1.82) is 0 Å². The fraction of sp³-hybridized carbons (Fsp3) is 0.600. The van der Waals surface area contributed by atoms with Gasteiger partial charge >= 0.3 is 0 Å². The van der Waals surface area contributed by atoms with E-state index in [0.29, 0.717) is 11.6 Å². The highest BCUT2D eigenvalue weighted by Crippen LogP contribution is 2.12. The van der Waals surface area contributed by atoms with E-state index in [4.69, 9.17) is 16.3 Å². The molecule has 0 atom stereocenters. The summed E-state index contributed by atoms with van der Waals surface area (Å²) < 4.78 is 5.39. The molecule has 1 heterocycles. The maximum Gasteiger partial charge on any atom is 0.243 e. The van der Waals surface area contributed by atoms with Crippen LogP contribution in [0.2, 0.25) is 5.02 Å². The second kappa shape index (κ2) is 11.9. The molecular weight excluding hydrogens is 378 g/mol. The van der Waals surface area contributed by atoms with Gasteiger partial charge in [-0.2, -0.15) is 0 Å². The number of halogens is 1. The molecule has 1 saturated heterocycles. The van der Waals surface area contributed by atoms with E-state index in [-0.39, 0.29) is 12.5 Å². The van der Waals surface area contributed by atoms with Gasteiger partial charge in [0.25, 0.3) is 0 Å². The van der Waals surface area contributed by atoms with Crippen LogP contribution in [-0.4, -0.2) is 93.6 Å². The van der Waals surface area contributed by atoms with Crippen molar-refractivity contribution in [2.45, 2.75) is 13.0 Å². The number of morpholine rings is 1. The second-order valence-electron chi connectivity index (χ2n) is 7.15. The number of nitrogens with zero attached hydrogens (tertiary/aromatic N) is 4. The number of likely N-dealkylation sites (N-methyl/N-ethyl adjacent to an activating group) is 1. The highest BCUT2D eigenvalue weighted by Gasteiger charge is 2.12. The van der Waals surface area contributed by atoms with E-state index in [0.717, 1.165) is 57.3 Å². The molecule has 1 aliphatic heterocycles. The third-order valence-corrected chi connectivity index (χ3v) is 4.81. The number of aliphatic imine (C=N–C) groups is 1. The van der Waals surface area contributed by atoms with Crippen molar-refractivity contribution < 1.29 is 9.53 Å². The van der Waals surface area contributed by atoms with Gasteiger partial charge in [-0.1, -0.05) is 23.7 Å². The molecule has 0 bridgehead atoms. The summed E-state index contributed by atoms with van der Waals surface area (Å²) in [6, 6.07) is 7.77. The van der Waals surface area contributed by atoms with E-state index >= 15 is 0 Å². The summed E-state index contributed by atoms with van der Waals surface area (Å²) in [6.45, 7) is 6.22. The summed E-state index contributed by atoms with van der Waals surface area (Å²) in [5.74, 6) is 0.695. The van der Waals surface area contributed by atoms with E-state index in [1.807, 2.05) is 36.2 Å². The third kappa shape index (κ3) is 8.04. The fourth-order valence-electron chi connectivity index (χ4n) is 2.91. The van der Waals surface area contributed by atoms with Crippen molar-refractivity contribution in [3.8, 4) is 0 Å². The van der Waals surface area contributed by atoms with Crippen LogP contribution >= 0.6 is 11.6 Å². The smallest absolute Gasteiger partial charge is 0.243 e. The van der Waals surface area contributed by atoms with E-state index < -0.39 is 0 Å². The molecule has 7 nitrogen and oxygen atoms in total. The first kappa shape index (κ1) is 22.5. The van der Waals surface area contributed by atoms with Crippen LogP contribution in [0.4, 0.5) is 0 Å². The zero-order valence-electron chi connectivity index (χ0n) is 17.2. The molecule has 1 N–H and O–H groups in total. The molecule has 1 amide bonds. The number of benzene rings is 1. The number of hydrogen-bond donors (Lipinski definition) is 1. The average Bonchev–Trinajstić information content (AvgIpc) is 2.67. The maximum atomic E-state index is 11.9. The van der Waals surface area contributed by atoms with E-state index in [1.165, 1.54) is 0 Å². The lowest BCUT2D eigenvalue weighted by atomic mass is 10.2. The first-order valence-electron chi connectivity index (χ1n) is 9.70. The Balaban J connectivity index is 1.91. The monoisotopic (exact) mass is 409 g/mol. The topological polar surface area (TPSA) is 60.4 Å². The Hall–Kier alpha value is -1.83. The van der Waals surface area contributed by atoms with E-state index in [9.17, 15) is 4.79 Å². The summed E-state index contributed by atoms with van der Waals surface area (Å²) in [6.07, 6.45) is 1.01. The number of rotatable bonds is 8. The predicted molar refractivity (Wildman–Crippen MR) is 114 cm³/mol. The van der Waals surface area contributed by atoms with Crippen molar-refractivity contribution in [3.63, 3.8) is 0 Å². The van der Waals surface area contributed by atoms with E-state index in [2.05, 4.69) is 15.2 Å². The normalized spacial score (nSPS) is 15.4. The van der Waals surface area contributed by atoms with Crippen molar-refractivity contribution in [2.75, 3.05) is 67.1 Å². The molecule has 0 unspecified atom stereocenters. The van der Waals surface area contributed by atoms with Crippen LogP contribution in [0.3, 0.4) is 0 Å². The number of ether oxygens (including phenoxy) is 1. The number of carbonyl (C=O) groups excluding carboxylic acids is 1. The maximum absolute atomic E-state index is 11.9. The molecular formula is C20H32ClN5O2. The second-order valence-corrected chi connectivity index (χ2v) is 7.58. The lowest BCUT2D eigenvalue weighted by Crippen LogP contribution is -2.42. The minimum absolute atomic E-state index is 0.0243. The molecule has 1 aliphatic rings. The first-order valence-corrected chi connectivity index (χ1v) is 10.1. The lowest BCUT2D eigenvalue weighted by molar-refractivity contribution is -0.127. The zero-order valence-corrected chi connectivity index (χ0v) is 17.9. The molecule has 28 heavy (non-hydrogen) atoms. The quantitative estimate of drug-likeness (QED) is 0.401. The minimum Gasteiger partial charge on any atom is -0.379 e. The van der Waals surface area contributed by atoms with Gasteiger partial charge in [-0.15, -0.1) is 0 Å². The van der Waals surface area contributed by atoms with Crippen LogP contribution in [0.5, 0.6) is 0 Å². The van der Waals surface area contributed by atoms with Crippen LogP contribution < -0.4 is 5.32 Å². The molecule has 0 spiro atoms. The van der Waals surface area contributed by atoms with Crippen LogP contribution in [0.1, 0.15) is 12.0 Å². The van der Waals surface area contributed by atoms with Gasteiger partial charge in [0.05, 0.1) is 13.2 Å². The predicted octanol–water partition coefficient (Wildman–Crippen LogP) is 1.53. The van der Waals surface area contributed by atoms with Gasteiger partial charge in [0, 0.05) is 52.3 Å². The summed E-state index contributed by atoms with van der Waals surface area (Å²) >= 11 is 6.09. The first-order chi connectivity index (χ1) is 13.5. The van der Waals surface area contributed by atoms with Crippen molar-refractivity contribution in [2.24, 2.45) is 4.99 Å². The third-order valence-electron chi connectivity index (χ3n) is 4.57. The Bertz CT molecular complexity index is 647. The molecule has 2 rings (SSSR count). The highest BCUT2D eigenvalue weighted by atomic mass is 35.5. The minimum atomic E-state index is -0.0243. The number of hydrogen-bond acceptors (Lipinski definition) is 4. The molecule has 0 aromatic heterocycles. The van der Waals surface area contributed by atoms with Crippen molar-refractivity contribution >= 4 is 23.5 Å². The molecule has 0 saturated carbocycles. The number of carbonyl (C=O) groups is 1. The Morgan fingerprint density at radius 1 is 1.29 bits per heavy atom. The Kier molecular flexibility index (Phi) is 9.54. The van der Waals surface area contributed by atoms with Crippen molar-refractivity contribution in [3.05, 3.63) is 34.9 Å². The highest BCUT2D eigenvalue weighted by molar-refractivity contribution is 6.30. The molecule has 0 radical (unpaired) electrons. The molecule has 1 aromatic carbocycles. The zero-order chi connectivity index (χ0) is 20.4. The van der Waals surface area contributed by atoms with Gasteiger partial charge in [-0.05, 0) is 30.7 Å². The van der Waals surface area contributed by atoms with Gasteiger partial charge in [0.2, 0.25) is 5.91 Å². The summed E-state index contributed by atoms with van der Waals surface area (Å²) in [5, 5.41) is 4.12. The van der Waals surface area contributed by atoms with Crippen LogP contribution in [0, 0.1) is 0 Å². The molecule has 0 aliphatic carbocycles. The van der Waals surface area contributed by atoms with Gasteiger partial charge < -0.3 is 19.9 Å². The summed E-state index contributed by atoms with van der Waals surface area (Å²) in [4.78, 5) is 22.4. The van der Waals surface area contributed by atoms with Crippen molar-refractivity contribution in [1.82, 2.24) is 20.0 Å². The molecule has 8 heteroatoms.